The van der Waals surface area contributed by atoms with Gasteiger partial charge in [-0.3, -0.25) is 0 Å². The van der Waals surface area contributed by atoms with E-state index in [-0.39, 0.29) is 10.6 Å². The Morgan fingerprint density at radius 1 is 0.970 bits per heavy atom. The first-order valence-electron chi connectivity index (χ1n) is 10.1. The van der Waals surface area contributed by atoms with Crippen LogP contribution >= 0.6 is 23.2 Å². The molecule has 2 aromatic carbocycles. The molecule has 33 heavy (non-hydrogen) atoms. The second kappa shape index (κ2) is 10.1. The Morgan fingerprint density at radius 2 is 1.79 bits per heavy atom. The zero-order valence-corrected chi connectivity index (χ0v) is 19.5. The van der Waals surface area contributed by atoms with Crippen LogP contribution in [0.2, 0.25) is 10.0 Å². The largest absolute Gasteiger partial charge is 0.493 e. The minimum absolute atomic E-state index is 0.192. The molecule has 0 unspecified atom stereocenters. The minimum atomic E-state index is -0.485. The maximum Gasteiger partial charge on any atom is 0.160 e. The minimum Gasteiger partial charge on any atom is -0.493 e. The van der Waals surface area contributed by atoms with E-state index in [9.17, 15) is 4.39 Å². The molecule has 2 heterocycles. The summed E-state index contributed by atoms with van der Waals surface area (Å²) in [4.78, 5) is 4.66. The number of nitrogens with one attached hydrogen (secondary N) is 1. The summed E-state index contributed by atoms with van der Waals surface area (Å²) in [6.45, 7) is 0.500. The number of halogens is 3. The van der Waals surface area contributed by atoms with Gasteiger partial charge in [0.05, 0.1) is 24.3 Å². The fourth-order valence-corrected chi connectivity index (χ4v) is 4.03. The third kappa shape index (κ3) is 4.89. The second-order valence-electron chi connectivity index (χ2n) is 7.10. The van der Waals surface area contributed by atoms with Crippen molar-refractivity contribution in [2.45, 2.75) is 6.42 Å². The average Bonchev–Trinajstić information content (AvgIpc) is 3.35. The van der Waals surface area contributed by atoms with Crippen molar-refractivity contribution in [2.75, 3.05) is 26.1 Å². The number of rotatable bonds is 8. The molecule has 0 aliphatic rings. The van der Waals surface area contributed by atoms with Crippen LogP contribution < -0.4 is 14.8 Å². The van der Waals surface area contributed by atoms with E-state index in [4.69, 9.17) is 32.7 Å². The topological polar surface area (TPSA) is 61.2 Å². The van der Waals surface area contributed by atoms with E-state index >= 15 is 0 Å². The first-order valence-corrected chi connectivity index (χ1v) is 10.9. The lowest BCUT2D eigenvalue weighted by Crippen LogP contribution is -2.10. The summed E-state index contributed by atoms with van der Waals surface area (Å²) in [5.41, 5.74) is 1.61. The molecule has 1 N–H and O–H groups in total. The van der Waals surface area contributed by atoms with Gasteiger partial charge < -0.3 is 14.8 Å². The monoisotopic (exact) mass is 486 g/mol. The maximum atomic E-state index is 14.8. The van der Waals surface area contributed by atoms with Gasteiger partial charge in [-0.25, -0.2) is 14.1 Å². The third-order valence-electron chi connectivity index (χ3n) is 5.06. The molecular weight excluding hydrogens is 466 g/mol. The maximum absolute atomic E-state index is 14.8. The van der Waals surface area contributed by atoms with Crippen LogP contribution in [0.3, 0.4) is 0 Å². The normalized spacial score (nSPS) is 10.8. The molecule has 4 aromatic rings. The van der Waals surface area contributed by atoms with Gasteiger partial charge in [-0.2, -0.15) is 5.10 Å². The van der Waals surface area contributed by atoms with Crippen molar-refractivity contribution in [3.8, 4) is 28.4 Å². The molecule has 0 amide bonds. The molecule has 0 fully saturated rings. The number of aromatic nitrogens is 3. The number of nitrogens with zero attached hydrogens (tertiary/aromatic N) is 3. The Balaban J connectivity index is 1.68. The van der Waals surface area contributed by atoms with Crippen LogP contribution in [0.5, 0.6) is 11.5 Å². The van der Waals surface area contributed by atoms with Gasteiger partial charge >= 0.3 is 0 Å². The number of benzene rings is 2. The van der Waals surface area contributed by atoms with Crippen molar-refractivity contribution in [1.29, 1.82) is 0 Å². The molecule has 6 nitrogen and oxygen atoms in total. The van der Waals surface area contributed by atoms with Crippen LogP contribution in [-0.4, -0.2) is 35.5 Å². The fraction of sp³-hybridized carbons (Fsp3) is 0.167. The Kier molecular flexibility index (Phi) is 7.01. The van der Waals surface area contributed by atoms with Gasteiger partial charge in [0, 0.05) is 36.1 Å². The Morgan fingerprint density at radius 3 is 2.48 bits per heavy atom. The van der Waals surface area contributed by atoms with Crippen LogP contribution in [0.4, 0.5) is 10.2 Å². The summed E-state index contributed by atoms with van der Waals surface area (Å²) < 4.78 is 27.0. The molecule has 0 aliphatic heterocycles. The summed E-state index contributed by atoms with van der Waals surface area (Å²) in [5, 5.41) is 8.05. The molecule has 9 heteroatoms. The van der Waals surface area contributed by atoms with Crippen LogP contribution in [0.25, 0.3) is 16.9 Å². The average molecular weight is 487 g/mol. The molecule has 0 saturated carbocycles. The molecule has 0 radical (unpaired) electrons. The summed E-state index contributed by atoms with van der Waals surface area (Å²) in [6, 6.07) is 13.6. The molecule has 0 saturated heterocycles. The van der Waals surface area contributed by atoms with Gasteiger partial charge in [0.2, 0.25) is 0 Å². The summed E-state index contributed by atoms with van der Waals surface area (Å²) in [7, 11) is 3.19. The highest BCUT2D eigenvalue weighted by atomic mass is 35.5. The predicted molar refractivity (Wildman–Crippen MR) is 129 cm³/mol. The molecule has 2 aromatic heterocycles. The number of hydrogen-bond donors (Lipinski definition) is 1. The summed E-state index contributed by atoms with van der Waals surface area (Å²) >= 11 is 13.0. The fourth-order valence-electron chi connectivity index (χ4n) is 3.49. The molecule has 4 rings (SSSR count). The molecule has 0 atom stereocenters. The van der Waals surface area contributed by atoms with E-state index in [2.05, 4.69) is 15.4 Å². The predicted octanol–water partition coefficient (Wildman–Crippen LogP) is 6.05. The lowest BCUT2D eigenvalue weighted by atomic mass is 10.0. The van der Waals surface area contributed by atoms with E-state index in [0.29, 0.717) is 46.7 Å². The highest BCUT2D eigenvalue weighted by Gasteiger charge is 2.20. The Labute approximate surface area is 200 Å². The second-order valence-corrected chi connectivity index (χ2v) is 7.91. The van der Waals surface area contributed by atoms with Crippen LogP contribution in [-0.2, 0) is 6.42 Å². The Hall–Kier alpha value is -3.29. The number of hydrogen-bond acceptors (Lipinski definition) is 5. The zero-order chi connectivity index (χ0) is 23.4. The van der Waals surface area contributed by atoms with Gasteiger partial charge in [0.25, 0.3) is 0 Å². The first-order chi connectivity index (χ1) is 16.0. The van der Waals surface area contributed by atoms with Gasteiger partial charge in [0.15, 0.2) is 17.3 Å². The lowest BCUT2D eigenvalue weighted by Gasteiger charge is -2.17. The van der Waals surface area contributed by atoms with Gasteiger partial charge in [-0.15, -0.1) is 0 Å². The molecule has 0 spiro atoms. The highest BCUT2D eigenvalue weighted by Crippen LogP contribution is 2.40. The van der Waals surface area contributed by atoms with E-state index in [1.54, 1.807) is 55.6 Å². The van der Waals surface area contributed by atoms with Crippen molar-refractivity contribution in [3.05, 3.63) is 82.4 Å². The van der Waals surface area contributed by atoms with Crippen molar-refractivity contribution in [3.63, 3.8) is 0 Å². The van der Waals surface area contributed by atoms with Crippen molar-refractivity contribution >= 4 is 29.0 Å². The molecular formula is C24H21Cl2FN4O2. The summed E-state index contributed by atoms with van der Waals surface area (Å²) in [5.74, 6) is 1.72. The number of pyridine rings is 1. The Bertz CT molecular complexity index is 1250. The van der Waals surface area contributed by atoms with Gasteiger partial charge in [-0.1, -0.05) is 35.3 Å². The zero-order valence-electron chi connectivity index (χ0n) is 18.0. The molecule has 0 bridgehead atoms. The van der Waals surface area contributed by atoms with E-state index < -0.39 is 5.82 Å². The SMILES string of the molecule is COc1ccc(CCNc2nc(-n3cccn3)cc(Cl)c2-c2c(F)cccc2Cl)cc1OC. The lowest BCUT2D eigenvalue weighted by molar-refractivity contribution is 0.354. The van der Waals surface area contributed by atoms with Crippen LogP contribution in [0.1, 0.15) is 5.56 Å². The number of anilines is 1. The number of methoxy groups -OCH3 is 2. The highest BCUT2D eigenvalue weighted by molar-refractivity contribution is 6.37. The van der Waals surface area contributed by atoms with E-state index in [0.717, 1.165) is 5.56 Å². The van der Waals surface area contributed by atoms with Crippen molar-refractivity contribution < 1.29 is 13.9 Å². The number of ether oxygens (including phenoxy) is 2. The van der Waals surface area contributed by atoms with Gasteiger partial charge in [-0.05, 0) is 42.3 Å². The van der Waals surface area contributed by atoms with Crippen molar-refractivity contribution in [2.24, 2.45) is 0 Å². The smallest absolute Gasteiger partial charge is 0.160 e. The first kappa shape index (κ1) is 22.9. The van der Waals surface area contributed by atoms with Gasteiger partial charge in [0.1, 0.15) is 11.6 Å². The molecule has 0 aliphatic carbocycles. The van der Waals surface area contributed by atoms with Crippen LogP contribution in [0.15, 0.2) is 60.9 Å². The van der Waals surface area contributed by atoms with Crippen LogP contribution in [0, 0.1) is 5.82 Å². The van der Waals surface area contributed by atoms with Crippen molar-refractivity contribution in [1.82, 2.24) is 14.8 Å². The molecule has 170 valence electrons. The van der Waals surface area contributed by atoms with E-state index in [1.807, 2.05) is 18.2 Å². The summed E-state index contributed by atoms with van der Waals surface area (Å²) in [6.07, 6.45) is 4.04. The standard InChI is InChI=1S/C24H21Cl2FN4O2/c1-32-19-8-7-15(13-20(19)33-2)9-11-28-24-23(22-16(25)5-3-6-18(22)27)17(26)14-21(30-24)31-12-4-10-29-31/h3-8,10,12-14H,9,11H2,1-2H3,(H,28,30). The quantitative estimate of drug-likeness (QED) is 0.328. The third-order valence-corrected chi connectivity index (χ3v) is 5.68. The van der Waals surface area contributed by atoms with E-state index in [1.165, 1.54) is 6.07 Å².